The van der Waals surface area contributed by atoms with Crippen LogP contribution in [0.2, 0.25) is 0 Å². The van der Waals surface area contributed by atoms with E-state index in [1.807, 2.05) is 31.2 Å². The molecule has 1 heterocycles. The third-order valence-electron chi connectivity index (χ3n) is 6.51. The number of nitro groups is 1. The van der Waals surface area contributed by atoms with E-state index < -0.39 is 20.9 Å². The minimum atomic E-state index is -3.92. The second-order valence-corrected chi connectivity index (χ2v) is 11.0. The van der Waals surface area contributed by atoms with E-state index in [4.69, 9.17) is 6.42 Å². The van der Waals surface area contributed by atoms with Crippen LogP contribution in [0.4, 0.5) is 17.1 Å². The van der Waals surface area contributed by atoms with E-state index in [-0.39, 0.29) is 54.4 Å². The predicted molar refractivity (Wildman–Crippen MR) is 146 cm³/mol. The third kappa shape index (κ3) is 6.69. The summed E-state index contributed by atoms with van der Waals surface area (Å²) in [5.74, 6) is 1.28. The number of anilines is 2. The Morgan fingerprint density at radius 1 is 1.16 bits per heavy atom. The highest BCUT2D eigenvalue weighted by atomic mass is 32.2. The molecular weight excluding hydrogens is 508 g/mol. The monoisotopic (exact) mass is 540 g/mol. The number of amides is 2. The Morgan fingerprint density at radius 2 is 1.87 bits per heavy atom. The van der Waals surface area contributed by atoms with Crippen LogP contribution in [-0.2, 0) is 19.6 Å². The number of unbranched alkanes of at least 4 members (excludes halogenated alkanes) is 1. The fraction of sp³-hybridized carbons (Fsp3) is 0.407. The Kier molecular flexibility index (Phi) is 9.47. The second kappa shape index (κ2) is 12.6. The van der Waals surface area contributed by atoms with Crippen LogP contribution in [0.3, 0.4) is 0 Å². The maximum absolute atomic E-state index is 12.8. The summed E-state index contributed by atoms with van der Waals surface area (Å²) in [6.45, 7) is 3.80. The average Bonchev–Trinajstić information content (AvgIpc) is 2.88. The molecule has 0 spiro atoms. The van der Waals surface area contributed by atoms with Crippen molar-refractivity contribution < 1.29 is 22.9 Å². The van der Waals surface area contributed by atoms with Crippen LogP contribution in [0.1, 0.15) is 63.0 Å². The molecule has 0 aromatic heterocycles. The largest absolute Gasteiger partial charge is 0.345 e. The Morgan fingerprint density at radius 3 is 2.55 bits per heavy atom. The molecule has 1 aliphatic rings. The lowest BCUT2D eigenvalue weighted by molar-refractivity contribution is -0.384. The average molecular weight is 541 g/mol. The van der Waals surface area contributed by atoms with E-state index in [1.165, 1.54) is 6.07 Å². The molecule has 0 saturated heterocycles. The summed E-state index contributed by atoms with van der Waals surface area (Å²) in [5, 5.41) is 14.8. The Balaban J connectivity index is 1.87. The maximum Gasteiger partial charge on any atom is 0.297 e. The molecule has 0 unspecified atom stereocenters. The van der Waals surface area contributed by atoms with Crippen molar-refractivity contribution in [2.24, 2.45) is 0 Å². The molecule has 1 aliphatic heterocycles. The highest BCUT2D eigenvalue weighted by Crippen LogP contribution is 2.46. The van der Waals surface area contributed by atoms with Gasteiger partial charge in [0.15, 0.2) is 0 Å². The number of benzene rings is 2. The van der Waals surface area contributed by atoms with Gasteiger partial charge in [-0.3, -0.25) is 24.4 Å². The van der Waals surface area contributed by atoms with Crippen molar-refractivity contribution in [2.45, 2.75) is 57.9 Å². The molecule has 10 nitrogen and oxygen atoms in total. The number of nitrogens with one attached hydrogen (secondary N) is 2. The highest BCUT2D eigenvalue weighted by molar-refractivity contribution is 7.92. The van der Waals surface area contributed by atoms with Crippen molar-refractivity contribution in [1.29, 1.82) is 0 Å². The van der Waals surface area contributed by atoms with E-state index in [1.54, 1.807) is 24.0 Å². The smallest absolute Gasteiger partial charge is 0.297 e. The lowest BCUT2D eigenvalue weighted by atomic mass is 9.80. The number of nitro benzene ring substituents is 1. The molecule has 2 aromatic rings. The summed E-state index contributed by atoms with van der Waals surface area (Å²) in [6, 6.07) is 11.7. The number of nitrogens with zero attached hydrogens (tertiary/aromatic N) is 2. The van der Waals surface area contributed by atoms with Gasteiger partial charge in [-0.1, -0.05) is 43.2 Å². The van der Waals surface area contributed by atoms with E-state index in [0.717, 1.165) is 5.56 Å². The predicted octanol–water partition coefficient (Wildman–Crippen LogP) is 3.92. The molecule has 2 amide bonds. The van der Waals surface area contributed by atoms with Gasteiger partial charge in [0.05, 0.1) is 17.2 Å². The van der Waals surface area contributed by atoms with Gasteiger partial charge in [-0.15, -0.1) is 6.42 Å². The third-order valence-corrected chi connectivity index (χ3v) is 7.86. The first kappa shape index (κ1) is 28.7. The van der Waals surface area contributed by atoms with Gasteiger partial charge in [-0.05, 0) is 43.9 Å². The summed E-state index contributed by atoms with van der Waals surface area (Å²) in [5.41, 5.74) is 1.43. The normalized spacial score (nSPS) is 16.7. The van der Waals surface area contributed by atoms with E-state index >= 15 is 0 Å². The van der Waals surface area contributed by atoms with Gasteiger partial charge < -0.3 is 10.2 Å². The van der Waals surface area contributed by atoms with E-state index in [2.05, 4.69) is 16.0 Å². The Bertz CT molecular complexity index is 1350. The molecule has 2 N–H and O–H groups in total. The van der Waals surface area contributed by atoms with E-state index in [0.29, 0.717) is 30.5 Å². The molecule has 0 aliphatic carbocycles. The minimum absolute atomic E-state index is 0.0343. The summed E-state index contributed by atoms with van der Waals surface area (Å²) in [7, 11) is -3.92. The second-order valence-electron chi connectivity index (χ2n) is 9.17. The molecule has 11 heteroatoms. The molecule has 3 rings (SSSR count). The summed E-state index contributed by atoms with van der Waals surface area (Å²) >= 11 is 0. The first-order valence-electron chi connectivity index (χ1n) is 12.5. The summed E-state index contributed by atoms with van der Waals surface area (Å²) in [4.78, 5) is 37.7. The van der Waals surface area contributed by atoms with Crippen molar-refractivity contribution in [3.05, 3.63) is 63.7 Å². The number of sulfonamides is 1. The van der Waals surface area contributed by atoms with Gasteiger partial charge in [-0.2, -0.15) is 0 Å². The van der Waals surface area contributed by atoms with Crippen LogP contribution in [0.15, 0.2) is 42.5 Å². The van der Waals surface area contributed by atoms with Gasteiger partial charge >= 0.3 is 0 Å². The van der Waals surface area contributed by atoms with Crippen LogP contribution in [0, 0.1) is 22.5 Å². The quantitative estimate of drug-likeness (QED) is 0.192. The number of carbonyl (C=O) groups excluding carboxylic acids is 2. The molecule has 0 saturated carbocycles. The van der Waals surface area contributed by atoms with Crippen LogP contribution in [0.5, 0.6) is 0 Å². The SMILES string of the molecule is C#CCNC(=O)CCCCS(=O)(=O)Nc1cccc([C@@H]2C[C@H](C)N(C(=O)CC)c3ccccc32)c1[N+](=O)[O-]. The van der Waals surface area contributed by atoms with Crippen molar-refractivity contribution in [3.8, 4) is 12.3 Å². The zero-order valence-electron chi connectivity index (χ0n) is 21.5. The molecule has 202 valence electrons. The topological polar surface area (TPSA) is 139 Å². The first-order chi connectivity index (χ1) is 18.1. The van der Waals surface area contributed by atoms with Gasteiger partial charge in [0, 0.05) is 36.1 Å². The zero-order valence-corrected chi connectivity index (χ0v) is 22.3. The molecule has 0 fully saturated rings. The number of hydrogen-bond donors (Lipinski definition) is 2. The van der Waals surface area contributed by atoms with Gasteiger partial charge in [0.2, 0.25) is 21.8 Å². The minimum Gasteiger partial charge on any atom is -0.345 e. The number of para-hydroxylation sites is 2. The summed E-state index contributed by atoms with van der Waals surface area (Å²) in [6.07, 6.45) is 6.51. The van der Waals surface area contributed by atoms with Crippen molar-refractivity contribution >= 4 is 38.9 Å². The molecular formula is C27H32N4O6S. The molecule has 0 bridgehead atoms. The Labute approximate surface area is 223 Å². The molecule has 2 atom stereocenters. The number of rotatable bonds is 11. The standard InChI is InChI=1S/C27H32N4O6S/c1-4-16-28-25(32)15-8-9-17-38(36,37)29-23-13-10-12-21(27(23)31(34)35)22-18-19(3)30(26(33)5-2)24-14-7-6-11-20(22)24/h1,6-7,10-14,19,22,29H,5,8-9,15-18H2,2-3H3,(H,28,32)/t19-,22+/m0/s1. The maximum atomic E-state index is 12.8. The number of carbonyl (C=O) groups is 2. The van der Waals surface area contributed by atoms with Gasteiger partial charge in [0.1, 0.15) is 5.69 Å². The number of hydrogen-bond acceptors (Lipinski definition) is 6. The number of fused-ring (bicyclic) bond motifs is 1. The fourth-order valence-corrected chi connectivity index (χ4v) is 6.01. The van der Waals surface area contributed by atoms with Crippen molar-refractivity contribution in [1.82, 2.24) is 5.32 Å². The van der Waals surface area contributed by atoms with Crippen molar-refractivity contribution in [3.63, 3.8) is 0 Å². The van der Waals surface area contributed by atoms with Crippen LogP contribution >= 0.6 is 0 Å². The molecule has 0 radical (unpaired) electrons. The van der Waals surface area contributed by atoms with Crippen LogP contribution in [0.25, 0.3) is 0 Å². The Hall–Kier alpha value is -3.91. The fourth-order valence-electron chi connectivity index (χ4n) is 4.82. The van der Waals surface area contributed by atoms with Crippen LogP contribution < -0.4 is 14.9 Å². The zero-order chi connectivity index (χ0) is 27.9. The van der Waals surface area contributed by atoms with Gasteiger partial charge in [-0.25, -0.2) is 8.42 Å². The lowest BCUT2D eigenvalue weighted by Gasteiger charge is -2.39. The highest BCUT2D eigenvalue weighted by Gasteiger charge is 2.37. The van der Waals surface area contributed by atoms with Crippen molar-refractivity contribution in [2.75, 3.05) is 21.9 Å². The first-order valence-corrected chi connectivity index (χ1v) is 14.1. The van der Waals surface area contributed by atoms with Crippen LogP contribution in [-0.4, -0.2) is 43.5 Å². The number of terminal acetylenes is 1. The molecule has 2 aromatic carbocycles. The lowest BCUT2D eigenvalue weighted by Crippen LogP contribution is -2.43. The molecule has 38 heavy (non-hydrogen) atoms. The summed E-state index contributed by atoms with van der Waals surface area (Å²) < 4.78 is 27.9. The van der Waals surface area contributed by atoms with Gasteiger partial charge in [0.25, 0.3) is 5.69 Å². The van der Waals surface area contributed by atoms with E-state index in [9.17, 15) is 28.1 Å².